The third-order valence-electron chi connectivity index (χ3n) is 5.02. The molecule has 1 saturated heterocycles. The number of hydrogen-bond acceptors (Lipinski definition) is 6. The van der Waals surface area contributed by atoms with E-state index in [0.29, 0.717) is 44.1 Å². The van der Waals surface area contributed by atoms with Crippen LogP contribution in [0.4, 0.5) is 0 Å². The van der Waals surface area contributed by atoms with Crippen LogP contribution >= 0.6 is 15.9 Å². The first kappa shape index (κ1) is 20.7. The van der Waals surface area contributed by atoms with E-state index in [2.05, 4.69) is 25.8 Å². The lowest BCUT2D eigenvalue weighted by molar-refractivity contribution is 0.180. The van der Waals surface area contributed by atoms with Crippen molar-refractivity contribution in [1.82, 2.24) is 18.6 Å². The molecule has 0 unspecified atom stereocenters. The first-order valence-corrected chi connectivity index (χ1v) is 11.5. The van der Waals surface area contributed by atoms with Crippen LogP contribution in [0, 0.1) is 11.3 Å². The molecule has 0 amide bonds. The van der Waals surface area contributed by atoms with Gasteiger partial charge in [0, 0.05) is 49.5 Å². The van der Waals surface area contributed by atoms with Crippen LogP contribution in [0.5, 0.6) is 0 Å². The molecule has 4 rings (SSSR count). The van der Waals surface area contributed by atoms with Gasteiger partial charge in [0.2, 0.25) is 10.0 Å². The summed E-state index contributed by atoms with van der Waals surface area (Å²) < 4.78 is 29.6. The molecule has 1 aliphatic rings. The fourth-order valence-electron chi connectivity index (χ4n) is 3.49. The van der Waals surface area contributed by atoms with Gasteiger partial charge < -0.3 is 0 Å². The van der Waals surface area contributed by atoms with E-state index in [9.17, 15) is 18.5 Å². The number of nitrogens with zero attached hydrogens (tertiary/aromatic N) is 5. The molecule has 8 nitrogen and oxygen atoms in total. The average molecular weight is 488 g/mol. The highest BCUT2D eigenvalue weighted by molar-refractivity contribution is 9.10. The Morgan fingerprint density at radius 1 is 1.10 bits per heavy atom. The molecule has 10 heteroatoms. The summed E-state index contributed by atoms with van der Waals surface area (Å²) in [7, 11) is -3.73. The van der Waals surface area contributed by atoms with Gasteiger partial charge in [0.1, 0.15) is 11.7 Å². The number of sulfonamides is 1. The van der Waals surface area contributed by atoms with E-state index in [-0.39, 0.29) is 16.0 Å². The summed E-state index contributed by atoms with van der Waals surface area (Å²) in [6.45, 7) is 2.10. The third-order valence-corrected chi connectivity index (χ3v) is 7.44. The van der Waals surface area contributed by atoms with Crippen LogP contribution in [0.3, 0.4) is 0 Å². The van der Waals surface area contributed by atoms with E-state index in [1.54, 1.807) is 24.4 Å². The van der Waals surface area contributed by atoms with Crippen molar-refractivity contribution in [3.63, 3.8) is 0 Å². The van der Waals surface area contributed by atoms with Crippen LogP contribution in [0.2, 0.25) is 0 Å². The molecule has 3 aromatic rings. The predicted molar refractivity (Wildman–Crippen MR) is 114 cm³/mol. The summed E-state index contributed by atoms with van der Waals surface area (Å²) in [4.78, 5) is 19.0. The van der Waals surface area contributed by atoms with Crippen molar-refractivity contribution >= 4 is 31.6 Å². The Balaban J connectivity index is 1.48. The maximum atomic E-state index is 12.9. The maximum Gasteiger partial charge on any atom is 0.258 e. The van der Waals surface area contributed by atoms with E-state index in [4.69, 9.17) is 0 Å². The molecule has 0 bridgehead atoms. The molecule has 0 saturated carbocycles. The van der Waals surface area contributed by atoms with Crippen molar-refractivity contribution in [3.8, 4) is 6.07 Å². The summed E-state index contributed by atoms with van der Waals surface area (Å²) in [5.74, 6) is 0. The Bertz CT molecular complexity index is 1310. The van der Waals surface area contributed by atoms with E-state index in [0.717, 1.165) is 4.47 Å². The van der Waals surface area contributed by atoms with Crippen molar-refractivity contribution in [2.24, 2.45) is 0 Å². The van der Waals surface area contributed by atoms with Crippen LogP contribution < -0.4 is 5.56 Å². The predicted octanol–water partition coefficient (Wildman–Crippen LogP) is 1.84. The van der Waals surface area contributed by atoms with Crippen molar-refractivity contribution in [2.75, 3.05) is 26.2 Å². The second-order valence-electron chi connectivity index (χ2n) is 6.95. The van der Waals surface area contributed by atoms with E-state index >= 15 is 0 Å². The van der Waals surface area contributed by atoms with Crippen molar-refractivity contribution in [3.05, 3.63) is 74.7 Å². The van der Waals surface area contributed by atoms with Gasteiger partial charge in [-0.15, -0.1) is 0 Å². The van der Waals surface area contributed by atoms with Gasteiger partial charge in [-0.25, -0.2) is 13.4 Å². The van der Waals surface area contributed by atoms with Crippen molar-refractivity contribution in [2.45, 2.75) is 11.4 Å². The highest BCUT2D eigenvalue weighted by Gasteiger charge is 2.30. The lowest BCUT2D eigenvalue weighted by atomic mass is 10.2. The molecule has 1 aromatic carbocycles. The summed E-state index contributed by atoms with van der Waals surface area (Å²) in [6.07, 6.45) is 1.68. The van der Waals surface area contributed by atoms with Gasteiger partial charge in [-0.3, -0.25) is 14.1 Å². The molecule has 154 valence electrons. The number of aromatic nitrogens is 2. The molecule has 0 aliphatic carbocycles. The molecular weight excluding hydrogens is 470 g/mol. The summed E-state index contributed by atoms with van der Waals surface area (Å²) >= 11 is 3.34. The zero-order chi connectivity index (χ0) is 21.3. The highest BCUT2D eigenvalue weighted by atomic mass is 79.9. The fraction of sp³-hybridized carbons (Fsp3) is 0.250. The lowest BCUT2D eigenvalue weighted by Crippen LogP contribution is -2.48. The third kappa shape index (κ3) is 4.02. The van der Waals surface area contributed by atoms with Gasteiger partial charge in [-0.1, -0.05) is 12.1 Å². The van der Waals surface area contributed by atoms with Crippen molar-refractivity contribution < 1.29 is 8.42 Å². The van der Waals surface area contributed by atoms with Crippen LogP contribution in [-0.4, -0.2) is 53.2 Å². The van der Waals surface area contributed by atoms with Gasteiger partial charge >= 0.3 is 0 Å². The summed E-state index contributed by atoms with van der Waals surface area (Å²) in [5.41, 5.74) is 1.20. The van der Waals surface area contributed by atoms with Crippen LogP contribution in [-0.2, 0) is 16.6 Å². The molecule has 2 aromatic heterocycles. The molecule has 0 N–H and O–H groups in total. The lowest BCUT2D eigenvalue weighted by Gasteiger charge is -2.33. The molecule has 0 spiro atoms. The summed E-state index contributed by atoms with van der Waals surface area (Å²) in [5, 5.41) is 9.22. The first-order valence-electron chi connectivity index (χ1n) is 9.28. The summed E-state index contributed by atoms with van der Waals surface area (Å²) in [6, 6.07) is 13.3. The molecular formula is C20H18BrN5O3S. The van der Waals surface area contributed by atoms with E-state index < -0.39 is 10.0 Å². The number of rotatable bonds is 4. The SMILES string of the molecule is N#Cc1ccccc1S(=O)(=O)N1CCN(Cc2cc(=O)n3cc(Br)ccc3n2)CC1. The quantitative estimate of drug-likeness (QED) is 0.556. The Hall–Kier alpha value is -2.58. The van der Waals surface area contributed by atoms with Gasteiger partial charge in [0.25, 0.3) is 5.56 Å². The van der Waals surface area contributed by atoms with E-state index in [1.165, 1.54) is 26.9 Å². The topological polar surface area (TPSA) is 98.8 Å². The number of piperazine rings is 1. The molecule has 1 aliphatic heterocycles. The van der Waals surface area contributed by atoms with Crippen molar-refractivity contribution in [1.29, 1.82) is 5.26 Å². The van der Waals surface area contributed by atoms with Crippen LogP contribution in [0.1, 0.15) is 11.3 Å². The zero-order valence-corrected chi connectivity index (χ0v) is 18.3. The first-order chi connectivity index (χ1) is 14.4. The smallest absolute Gasteiger partial charge is 0.258 e. The van der Waals surface area contributed by atoms with Crippen LogP contribution in [0.15, 0.2) is 62.8 Å². The number of halogens is 1. The molecule has 0 atom stereocenters. The molecule has 3 heterocycles. The minimum atomic E-state index is -3.73. The Morgan fingerprint density at radius 2 is 1.83 bits per heavy atom. The zero-order valence-electron chi connectivity index (χ0n) is 15.9. The largest absolute Gasteiger partial charge is 0.295 e. The monoisotopic (exact) mass is 487 g/mol. The molecule has 1 fully saturated rings. The number of pyridine rings is 1. The standard InChI is InChI=1S/C20H18BrN5O3S/c21-16-5-6-19-23-17(11-20(27)26(19)13-16)14-24-7-9-25(10-8-24)30(28,29)18-4-2-1-3-15(18)12-22/h1-6,11,13H,7-10,14H2. The second-order valence-corrected chi connectivity index (χ2v) is 9.77. The van der Waals surface area contributed by atoms with Gasteiger partial charge in [0.15, 0.2) is 0 Å². The fourth-order valence-corrected chi connectivity index (χ4v) is 5.39. The van der Waals surface area contributed by atoms with Crippen LogP contribution in [0.25, 0.3) is 5.65 Å². The average Bonchev–Trinajstić information content (AvgIpc) is 2.74. The van der Waals surface area contributed by atoms with Gasteiger partial charge in [0.05, 0.1) is 16.2 Å². The number of nitriles is 1. The second kappa shape index (κ2) is 8.28. The number of hydrogen-bond donors (Lipinski definition) is 0. The Kier molecular flexibility index (Phi) is 5.71. The minimum absolute atomic E-state index is 0.0383. The Morgan fingerprint density at radius 3 is 2.57 bits per heavy atom. The molecule has 0 radical (unpaired) electrons. The minimum Gasteiger partial charge on any atom is -0.295 e. The number of benzene rings is 1. The van der Waals surface area contributed by atoms with E-state index in [1.807, 2.05) is 12.1 Å². The van der Waals surface area contributed by atoms with Gasteiger partial charge in [-0.2, -0.15) is 9.57 Å². The molecule has 30 heavy (non-hydrogen) atoms. The Labute approximate surface area is 182 Å². The normalized spacial score (nSPS) is 15.9. The van der Waals surface area contributed by atoms with Gasteiger partial charge in [-0.05, 0) is 40.2 Å². The maximum absolute atomic E-state index is 12.9. The highest BCUT2D eigenvalue weighted by Crippen LogP contribution is 2.21. The number of fused-ring (bicyclic) bond motifs is 1.